The number of anilines is 1. The van der Waals surface area contributed by atoms with Crippen LogP contribution in [0.15, 0.2) is 24.3 Å². The van der Waals surface area contributed by atoms with Crippen LogP contribution < -0.4 is 10.6 Å². The molecule has 0 spiro atoms. The van der Waals surface area contributed by atoms with Crippen molar-refractivity contribution in [3.8, 4) is 0 Å². The summed E-state index contributed by atoms with van der Waals surface area (Å²) in [5.74, 6) is 0.738. The van der Waals surface area contributed by atoms with Crippen LogP contribution >= 0.6 is 0 Å². The van der Waals surface area contributed by atoms with Crippen LogP contribution in [-0.2, 0) is 16.1 Å². The highest BCUT2D eigenvalue weighted by molar-refractivity contribution is 5.93. The molecule has 6 nitrogen and oxygen atoms in total. The Hall–Kier alpha value is -2.08. The molecule has 146 valence electrons. The van der Waals surface area contributed by atoms with Crippen molar-refractivity contribution in [1.29, 1.82) is 0 Å². The molecule has 1 aromatic rings. The predicted octanol–water partition coefficient (Wildman–Crippen LogP) is 3.14. The maximum atomic E-state index is 12.7. The lowest BCUT2D eigenvalue weighted by Gasteiger charge is -2.25. The average molecular weight is 371 g/mol. The van der Waals surface area contributed by atoms with Crippen LogP contribution in [-0.4, -0.2) is 42.6 Å². The van der Waals surface area contributed by atoms with Gasteiger partial charge < -0.3 is 20.3 Å². The van der Waals surface area contributed by atoms with Gasteiger partial charge in [-0.05, 0) is 49.8 Å². The van der Waals surface area contributed by atoms with Gasteiger partial charge in [-0.15, -0.1) is 0 Å². The van der Waals surface area contributed by atoms with E-state index in [-0.39, 0.29) is 17.9 Å². The molecule has 1 heterocycles. The van der Waals surface area contributed by atoms with E-state index in [0.717, 1.165) is 69.5 Å². The first kappa shape index (κ1) is 18.3. The van der Waals surface area contributed by atoms with E-state index in [0.29, 0.717) is 18.5 Å². The van der Waals surface area contributed by atoms with Crippen LogP contribution in [0, 0.1) is 11.8 Å². The zero-order valence-corrected chi connectivity index (χ0v) is 15.8. The molecule has 0 aromatic heterocycles. The van der Waals surface area contributed by atoms with Crippen molar-refractivity contribution in [2.45, 2.75) is 51.1 Å². The molecular formula is C21H29N3O3. The van der Waals surface area contributed by atoms with E-state index in [2.05, 4.69) is 10.6 Å². The number of nitrogens with zero attached hydrogens (tertiary/aromatic N) is 1. The van der Waals surface area contributed by atoms with Gasteiger partial charge in [0.2, 0.25) is 5.91 Å². The van der Waals surface area contributed by atoms with Crippen molar-refractivity contribution < 1.29 is 14.3 Å². The van der Waals surface area contributed by atoms with Crippen molar-refractivity contribution >= 4 is 17.6 Å². The summed E-state index contributed by atoms with van der Waals surface area (Å²) in [4.78, 5) is 26.8. The summed E-state index contributed by atoms with van der Waals surface area (Å²) < 4.78 is 5.45. The Morgan fingerprint density at radius 3 is 2.67 bits per heavy atom. The van der Waals surface area contributed by atoms with Gasteiger partial charge in [0.1, 0.15) is 0 Å². The number of hydrogen-bond donors (Lipinski definition) is 2. The van der Waals surface area contributed by atoms with Gasteiger partial charge in [-0.25, -0.2) is 4.79 Å². The fraction of sp³-hybridized carbons (Fsp3) is 0.619. The fourth-order valence-electron chi connectivity index (χ4n) is 3.74. The summed E-state index contributed by atoms with van der Waals surface area (Å²) in [7, 11) is 0. The third kappa shape index (κ3) is 4.80. The van der Waals surface area contributed by atoms with E-state index in [9.17, 15) is 9.59 Å². The van der Waals surface area contributed by atoms with Crippen molar-refractivity contribution in [2.75, 3.05) is 25.1 Å². The normalized spacial score (nSPS) is 22.1. The third-order valence-electron chi connectivity index (χ3n) is 5.84. The van der Waals surface area contributed by atoms with Crippen LogP contribution in [0.25, 0.3) is 0 Å². The third-order valence-corrected chi connectivity index (χ3v) is 5.84. The number of urea groups is 1. The maximum absolute atomic E-state index is 12.7. The zero-order chi connectivity index (χ0) is 18.6. The second kappa shape index (κ2) is 8.30. The number of benzene rings is 1. The molecule has 1 atom stereocenters. The van der Waals surface area contributed by atoms with Gasteiger partial charge in [0.25, 0.3) is 0 Å². The Balaban J connectivity index is 1.29. The molecule has 3 fully saturated rings. The van der Waals surface area contributed by atoms with Gasteiger partial charge >= 0.3 is 6.03 Å². The lowest BCUT2D eigenvalue weighted by Crippen LogP contribution is -2.43. The quantitative estimate of drug-likeness (QED) is 0.774. The lowest BCUT2D eigenvalue weighted by molar-refractivity contribution is -0.122. The predicted molar refractivity (Wildman–Crippen MR) is 103 cm³/mol. The van der Waals surface area contributed by atoms with Gasteiger partial charge in [-0.3, -0.25) is 4.79 Å². The lowest BCUT2D eigenvalue weighted by atomic mass is 9.85. The minimum absolute atomic E-state index is 0.00769. The molecule has 0 bridgehead atoms. The zero-order valence-electron chi connectivity index (χ0n) is 15.8. The second-order valence-electron chi connectivity index (χ2n) is 8.09. The molecule has 2 aliphatic carbocycles. The van der Waals surface area contributed by atoms with Crippen molar-refractivity contribution in [2.24, 2.45) is 11.8 Å². The van der Waals surface area contributed by atoms with Crippen LogP contribution in [0.5, 0.6) is 0 Å². The first-order valence-corrected chi connectivity index (χ1v) is 10.2. The van der Waals surface area contributed by atoms with Gasteiger partial charge in [0.15, 0.2) is 0 Å². The minimum Gasteiger partial charge on any atom is -0.381 e. The van der Waals surface area contributed by atoms with Crippen LogP contribution in [0.4, 0.5) is 10.5 Å². The summed E-state index contributed by atoms with van der Waals surface area (Å²) in [6.07, 6.45) is 6.37. The standard InChI is InChI=1S/C21H29N3O3/c25-20(17-4-2-5-17)23-18-6-1-3-15(11-18)12-22-21(26)24(19-7-8-19)13-16-9-10-27-14-16/h1,3,6,11,16-17,19H,2,4-5,7-10,12-14H2,(H,22,26)(H,23,25). The molecule has 4 rings (SSSR count). The highest BCUT2D eigenvalue weighted by Crippen LogP contribution is 2.29. The SMILES string of the molecule is O=C(Nc1cccc(CNC(=O)N(CC2CCOC2)C2CC2)c1)C1CCC1. The minimum atomic E-state index is 0.00769. The van der Waals surface area contributed by atoms with Crippen molar-refractivity contribution in [3.05, 3.63) is 29.8 Å². The number of amides is 3. The molecule has 3 amide bonds. The molecule has 3 aliphatic rings. The Kier molecular flexibility index (Phi) is 5.62. The first-order valence-electron chi connectivity index (χ1n) is 10.2. The molecule has 1 unspecified atom stereocenters. The fourth-order valence-corrected chi connectivity index (χ4v) is 3.74. The topological polar surface area (TPSA) is 70.7 Å². The molecular weight excluding hydrogens is 342 g/mol. The number of hydrogen-bond acceptors (Lipinski definition) is 3. The van der Waals surface area contributed by atoms with Crippen molar-refractivity contribution in [3.63, 3.8) is 0 Å². The van der Waals surface area contributed by atoms with E-state index >= 15 is 0 Å². The monoisotopic (exact) mass is 371 g/mol. The summed E-state index contributed by atoms with van der Waals surface area (Å²) >= 11 is 0. The highest BCUT2D eigenvalue weighted by atomic mass is 16.5. The van der Waals surface area contributed by atoms with Gasteiger partial charge in [-0.1, -0.05) is 18.6 Å². The molecule has 2 N–H and O–H groups in total. The van der Waals surface area contributed by atoms with Crippen LogP contribution in [0.2, 0.25) is 0 Å². The number of rotatable bonds is 7. The van der Waals surface area contributed by atoms with Crippen LogP contribution in [0.1, 0.15) is 44.1 Å². The number of ether oxygens (including phenoxy) is 1. The van der Waals surface area contributed by atoms with Crippen LogP contribution in [0.3, 0.4) is 0 Å². The molecule has 6 heteroatoms. The van der Waals surface area contributed by atoms with E-state index in [1.54, 1.807) is 0 Å². The Labute approximate surface area is 160 Å². The second-order valence-corrected chi connectivity index (χ2v) is 8.09. The summed E-state index contributed by atoms with van der Waals surface area (Å²) in [6, 6.07) is 8.14. The Morgan fingerprint density at radius 2 is 2.00 bits per heavy atom. The average Bonchev–Trinajstić information content (AvgIpc) is 3.32. The molecule has 1 aromatic carbocycles. The largest absolute Gasteiger partial charge is 0.381 e. The highest BCUT2D eigenvalue weighted by Gasteiger charge is 2.34. The number of carbonyl (C=O) groups is 2. The van der Waals surface area contributed by atoms with Gasteiger partial charge in [0.05, 0.1) is 6.61 Å². The smallest absolute Gasteiger partial charge is 0.317 e. The summed E-state index contributed by atoms with van der Waals surface area (Å²) in [5.41, 5.74) is 1.80. The van der Waals surface area contributed by atoms with E-state index < -0.39 is 0 Å². The summed E-state index contributed by atoms with van der Waals surface area (Å²) in [5, 5.41) is 6.05. The van der Waals surface area contributed by atoms with E-state index in [1.807, 2.05) is 29.2 Å². The molecule has 1 aliphatic heterocycles. The van der Waals surface area contributed by atoms with Gasteiger partial charge in [-0.2, -0.15) is 0 Å². The van der Waals surface area contributed by atoms with Gasteiger partial charge in [0, 0.05) is 43.3 Å². The number of carbonyl (C=O) groups excluding carboxylic acids is 2. The van der Waals surface area contributed by atoms with Crippen molar-refractivity contribution in [1.82, 2.24) is 10.2 Å². The summed E-state index contributed by atoms with van der Waals surface area (Å²) in [6.45, 7) is 2.83. The maximum Gasteiger partial charge on any atom is 0.317 e. The number of nitrogens with one attached hydrogen (secondary N) is 2. The molecule has 27 heavy (non-hydrogen) atoms. The van der Waals surface area contributed by atoms with E-state index in [1.165, 1.54) is 0 Å². The Morgan fingerprint density at radius 1 is 1.15 bits per heavy atom. The van der Waals surface area contributed by atoms with E-state index in [4.69, 9.17) is 4.74 Å². The molecule has 2 saturated carbocycles. The first-order chi connectivity index (χ1) is 13.2. The molecule has 1 saturated heterocycles. The molecule has 0 radical (unpaired) electrons. The Bertz CT molecular complexity index is 679.